The van der Waals surface area contributed by atoms with Crippen LogP contribution in [0.5, 0.6) is 0 Å². The molecule has 0 fully saturated rings. The van der Waals surface area contributed by atoms with Gasteiger partial charge in [-0.1, -0.05) is 31.9 Å². The first-order chi connectivity index (χ1) is 9.29. The van der Waals surface area contributed by atoms with Crippen molar-refractivity contribution >= 4 is 11.3 Å². The lowest BCUT2D eigenvalue weighted by atomic mass is 10.0. The molecular weight excluding hydrogens is 259 g/mol. The molecule has 1 atom stereocenters. The van der Waals surface area contributed by atoms with E-state index < -0.39 is 0 Å². The second-order valence-electron chi connectivity index (χ2n) is 4.55. The highest BCUT2D eigenvalue weighted by molar-refractivity contribution is 7.09. The molecule has 0 amide bonds. The summed E-state index contributed by atoms with van der Waals surface area (Å²) < 4.78 is 13.0. The summed E-state index contributed by atoms with van der Waals surface area (Å²) in [4.78, 5) is 4.27. The quantitative estimate of drug-likeness (QED) is 0.816. The van der Waals surface area contributed by atoms with Crippen molar-refractivity contribution in [3.8, 4) is 0 Å². The van der Waals surface area contributed by atoms with E-state index in [1.54, 1.807) is 11.3 Å². The summed E-state index contributed by atoms with van der Waals surface area (Å²) in [6.45, 7) is 2.95. The Morgan fingerprint density at radius 1 is 1.32 bits per heavy atom. The Bertz CT molecular complexity index is 467. The zero-order valence-corrected chi connectivity index (χ0v) is 11.9. The first-order valence-electron chi connectivity index (χ1n) is 6.67. The van der Waals surface area contributed by atoms with Gasteiger partial charge in [0.25, 0.3) is 0 Å². The number of thiazole rings is 1. The molecule has 1 aromatic carbocycles. The van der Waals surface area contributed by atoms with Gasteiger partial charge >= 0.3 is 0 Å². The van der Waals surface area contributed by atoms with Crippen molar-refractivity contribution < 1.29 is 4.39 Å². The summed E-state index contributed by atoms with van der Waals surface area (Å²) in [6, 6.07) is 7.05. The molecule has 2 rings (SSSR count). The number of benzene rings is 1. The van der Waals surface area contributed by atoms with Gasteiger partial charge in [-0.15, -0.1) is 11.3 Å². The average molecular weight is 278 g/mol. The lowest BCUT2D eigenvalue weighted by Gasteiger charge is -2.18. The second-order valence-corrected chi connectivity index (χ2v) is 5.53. The van der Waals surface area contributed by atoms with E-state index in [0.29, 0.717) is 0 Å². The molecule has 4 heteroatoms. The van der Waals surface area contributed by atoms with Crippen LogP contribution < -0.4 is 5.32 Å². The average Bonchev–Trinajstić information content (AvgIpc) is 2.93. The molecule has 19 heavy (non-hydrogen) atoms. The fraction of sp³-hybridized carbons (Fsp3) is 0.400. The summed E-state index contributed by atoms with van der Waals surface area (Å²) in [7, 11) is 0. The third-order valence-corrected chi connectivity index (χ3v) is 3.88. The highest BCUT2D eigenvalue weighted by Gasteiger charge is 2.11. The van der Waals surface area contributed by atoms with Crippen LogP contribution in [-0.2, 0) is 6.54 Å². The number of aromatic nitrogens is 1. The topological polar surface area (TPSA) is 24.9 Å². The number of hydrogen-bond donors (Lipinski definition) is 1. The number of nitrogens with one attached hydrogen (secondary N) is 1. The van der Waals surface area contributed by atoms with E-state index in [0.717, 1.165) is 36.4 Å². The number of hydrogen-bond acceptors (Lipinski definition) is 3. The molecule has 1 N–H and O–H groups in total. The van der Waals surface area contributed by atoms with E-state index in [1.165, 1.54) is 12.1 Å². The van der Waals surface area contributed by atoms with E-state index in [4.69, 9.17) is 0 Å². The van der Waals surface area contributed by atoms with Gasteiger partial charge in [0.1, 0.15) is 10.8 Å². The highest BCUT2D eigenvalue weighted by Crippen LogP contribution is 2.20. The second kappa shape index (κ2) is 7.36. The molecule has 0 bridgehead atoms. The minimum absolute atomic E-state index is 0.182. The standard InChI is InChI=1S/C15H19FN2S/c1-2-3-4-14(12-5-7-13(16)8-6-12)18-11-15-17-9-10-19-15/h5-10,14,18H,2-4,11H2,1H3. The summed E-state index contributed by atoms with van der Waals surface area (Å²) >= 11 is 1.65. The summed E-state index contributed by atoms with van der Waals surface area (Å²) in [5.41, 5.74) is 1.14. The third-order valence-electron chi connectivity index (χ3n) is 3.10. The lowest BCUT2D eigenvalue weighted by Crippen LogP contribution is -2.20. The predicted octanol–water partition coefficient (Wildman–Crippen LogP) is 4.30. The molecule has 1 unspecified atom stereocenters. The van der Waals surface area contributed by atoms with Gasteiger partial charge in [0, 0.05) is 24.2 Å². The maximum Gasteiger partial charge on any atom is 0.123 e. The van der Waals surface area contributed by atoms with Crippen LogP contribution in [0.1, 0.15) is 42.8 Å². The van der Waals surface area contributed by atoms with Crippen LogP contribution in [0, 0.1) is 5.82 Å². The number of halogens is 1. The molecule has 0 aliphatic heterocycles. The Morgan fingerprint density at radius 2 is 2.11 bits per heavy atom. The van der Waals surface area contributed by atoms with Crippen LogP contribution in [0.15, 0.2) is 35.8 Å². The van der Waals surface area contributed by atoms with E-state index in [1.807, 2.05) is 23.7 Å². The van der Waals surface area contributed by atoms with Crippen LogP contribution in [-0.4, -0.2) is 4.98 Å². The van der Waals surface area contributed by atoms with Crippen molar-refractivity contribution in [1.29, 1.82) is 0 Å². The Balaban J connectivity index is 2.00. The molecule has 0 saturated carbocycles. The van der Waals surface area contributed by atoms with Crippen molar-refractivity contribution in [2.75, 3.05) is 0 Å². The number of rotatable bonds is 7. The molecule has 0 aliphatic rings. The van der Waals surface area contributed by atoms with Crippen molar-refractivity contribution in [2.45, 2.75) is 38.8 Å². The van der Waals surface area contributed by atoms with Gasteiger partial charge in [-0.25, -0.2) is 9.37 Å². The Hall–Kier alpha value is -1.26. The van der Waals surface area contributed by atoms with Crippen molar-refractivity contribution in [3.63, 3.8) is 0 Å². The van der Waals surface area contributed by atoms with Gasteiger partial charge in [0.2, 0.25) is 0 Å². The molecular formula is C15H19FN2S. The Morgan fingerprint density at radius 3 is 2.74 bits per heavy atom. The molecule has 2 nitrogen and oxygen atoms in total. The number of nitrogens with zero attached hydrogens (tertiary/aromatic N) is 1. The van der Waals surface area contributed by atoms with Crippen LogP contribution in [0.2, 0.25) is 0 Å². The smallest absolute Gasteiger partial charge is 0.123 e. The van der Waals surface area contributed by atoms with Gasteiger partial charge in [0.05, 0.1) is 0 Å². The molecule has 1 aromatic heterocycles. The first-order valence-corrected chi connectivity index (χ1v) is 7.54. The van der Waals surface area contributed by atoms with Crippen molar-refractivity contribution in [3.05, 3.63) is 52.2 Å². The highest BCUT2D eigenvalue weighted by atomic mass is 32.1. The van der Waals surface area contributed by atoms with Gasteiger partial charge < -0.3 is 5.32 Å². The maximum absolute atomic E-state index is 13.0. The molecule has 2 aromatic rings. The molecule has 0 spiro atoms. The molecule has 1 heterocycles. The van der Waals surface area contributed by atoms with Gasteiger partial charge in [0.15, 0.2) is 0 Å². The minimum Gasteiger partial charge on any atom is -0.304 e. The fourth-order valence-corrected chi connectivity index (χ4v) is 2.61. The summed E-state index contributed by atoms with van der Waals surface area (Å²) in [6.07, 6.45) is 5.21. The van der Waals surface area contributed by atoms with Crippen LogP contribution in [0.25, 0.3) is 0 Å². The van der Waals surface area contributed by atoms with E-state index in [2.05, 4.69) is 17.2 Å². The van der Waals surface area contributed by atoms with E-state index in [-0.39, 0.29) is 11.9 Å². The van der Waals surface area contributed by atoms with Crippen LogP contribution in [0.4, 0.5) is 4.39 Å². The largest absolute Gasteiger partial charge is 0.304 e. The number of unbranched alkanes of at least 4 members (excludes halogenated alkanes) is 1. The molecule has 0 radical (unpaired) electrons. The van der Waals surface area contributed by atoms with E-state index >= 15 is 0 Å². The first kappa shape index (κ1) is 14.2. The van der Waals surface area contributed by atoms with Gasteiger partial charge in [-0.2, -0.15) is 0 Å². The Kier molecular flexibility index (Phi) is 5.48. The molecule has 102 valence electrons. The zero-order valence-electron chi connectivity index (χ0n) is 11.1. The normalized spacial score (nSPS) is 12.5. The fourth-order valence-electron chi connectivity index (χ4n) is 2.04. The van der Waals surface area contributed by atoms with Crippen molar-refractivity contribution in [1.82, 2.24) is 10.3 Å². The minimum atomic E-state index is -0.182. The Labute approximate surface area is 117 Å². The monoisotopic (exact) mass is 278 g/mol. The van der Waals surface area contributed by atoms with Crippen LogP contribution >= 0.6 is 11.3 Å². The van der Waals surface area contributed by atoms with Gasteiger partial charge in [-0.05, 0) is 24.1 Å². The summed E-state index contributed by atoms with van der Waals surface area (Å²) in [5, 5.41) is 6.59. The SMILES string of the molecule is CCCCC(NCc1nccs1)c1ccc(F)cc1. The zero-order chi connectivity index (χ0) is 13.5. The molecule has 0 aliphatic carbocycles. The maximum atomic E-state index is 13.0. The molecule has 0 saturated heterocycles. The van der Waals surface area contributed by atoms with Crippen molar-refractivity contribution in [2.24, 2.45) is 0 Å². The summed E-state index contributed by atoms with van der Waals surface area (Å²) in [5.74, 6) is -0.182. The lowest BCUT2D eigenvalue weighted by molar-refractivity contribution is 0.479. The van der Waals surface area contributed by atoms with E-state index in [9.17, 15) is 4.39 Å². The predicted molar refractivity (Wildman–Crippen MR) is 77.6 cm³/mol. The third kappa shape index (κ3) is 4.40. The van der Waals surface area contributed by atoms with Gasteiger partial charge in [-0.3, -0.25) is 0 Å². The van der Waals surface area contributed by atoms with Crippen LogP contribution in [0.3, 0.4) is 0 Å².